The van der Waals surface area contributed by atoms with E-state index in [-0.39, 0.29) is 11.8 Å². The van der Waals surface area contributed by atoms with E-state index in [1.165, 1.54) is 11.3 Å². The quantitative estimate of drug-likeness (QED) is 0.693. The number of piperidine rings is 1. The van der Waals surface area contributed by atoms with Crippen LogP contribution in [0.15, 0.2) is 16.3 Å². The fourth-order valence-electron chi connectivity index (χ4n) is 1.58. The lowest BCUT2D eigenvalue weighted by Crippen LogP contribution is -2.50. The van der Waals surface area contributed by atoms with Gasteiger partial charge in [0.25, 0.3) is 5.91 Å². The maximum atomic E-state index is 11.8. The highest BCUT2D eigenvalue weighted by atomic mass is 32.1. The van der Waals surface area contributed by atoms with Crippen molar-refractivity contribution in [2.45, 2.75) is 23.8 Å². The summed E-state index contributed by atoms with van der Waals surface area (Å²) in [6.45, 7) is 0.699. The van der Waals surface area contributed by atoms with Crippen LogP contribution in [0.25, 0.3) is 0 Å². The molecule has 2 amide bonds. The van der Waals surface area contributed by atoms with Gasteiger partial charge in [-0.1, -0.05) is 0 Å². The first-order chi connectivity index (χ1) is 7.66. The number of rotatable bonds is 2. The minimum absolute atomic E-state index is 0.0951. The Labute approximate surface area is 103 Å². The molecule has 0 radical (unpaired) electrons. The van der Waals surface area contributed by atoms with Gasteiger partial charge in [-0.3, -0.25) is 9.59 Å². The van der Waals surface area contributed by atoms with E-state index in [9.17, 15) is 9.59 Å². The summed E-state index contributed by atoms with van der Waals surface area (Å²) < 4.78 is 0. The zero-order chi connectivity index (χ0) is 11.5. The van der Waals surface area contributed by atoms with Crippen molar-refractivity contribution < 1.29 is 9.59 Å². The van der Waals surface area contributed by atoms with Crippen LogP contribution in [-0.4, -0.2) is 24.4 Å². The number of carbonyl (C=O) groups excluding carboxylic acids is 2. The highest BCUT2D eigenvalue weighted by Crippen LogP contribution is 2.17. The normalized spacial score (nSPS) is 20.3. The summed E-state index contributed by atoms with van der Waals surface area (Å²) >= 11 is 5.46. The summed E-state index contributed by atoms with van der Waals surface area (Å²) in [6, 6.07) is 1.30. The van der Waals surface area contributed by atoms with Crippen molar-refractivity contribution in [2.75, 3.05) is 6.54 Å². The first kappa shape index (κ1) is 11.5. The highest BCUT2D eigenvalue weighted by molar-refractivity contribution is 7.80. The molecule has 86 valence electrons. The Balaban J connectivity index is 1.99. The number of amides is 2. The number of thiophene rings is 1. The van der Waals surface area contributed by atoms with E-state index in [1.807, 2.05) is 0 Å². The Morgan fingerprint density at radius 1 is 1.62 bits per heavy atom. The van der Waals surface area contributed by atoms with E-state index in [1.54, 1.807) is 11.4 Å². The van der Waals surface area contributed by atoms with Crippen molar-refractivity contribution in [1.29, 1.82) is 0 Å². The van der Waals surface area contributed by atoms with Gasteiger partial charge in [0.05, 0.1) is 4.88 Å². The van der Waals surface area contributed by atoms with Gasteiger partial charge in [-0.05, 0) is 18.9 Å². The predicted octanol–water partition coefficient (Wildman–Crippen LogP) is 1.05. The second kappa shape index (κ2) is 4.88. The molecule has 1 aromatic rings. The van der Waals surface area contributed by atoms with Gasteiger partial charge >= 0.3 is 0 Å². The van der Waals surface area contributed by atoms with Gasteiger partial charge in [-0.15, -0.1) is 24.0 Å². The van der Waals surface area contributed by atoms with E-state index in [2.05, 4.69) is 23.3 Å². The molecule has 4 nitrogen and oxygen atoms in total. The zero-order valence-electron chi connectivity index (χ0n) is 8.53. The lowest BCUT2D eigenvalue weighted by molar-refractivity contribution is -0.124. The fraction of sp³-hybridized carbons (Fsp3) is 0.400. The van der Waals surface area contributed by atoms with Crippen molar-refractivity contribution in [3.63, 3.8) is 0 Å². The Morgan fingerprint density at radius 2 is 2.44 bits per heavy atom. The molecule has 2 N–H and O–H groups in total. The average Bonchev–Trinajstić information content (AvgIpc) is 2.68. The molecule has 0 saturated carbocycles. The van der Waals surface area contributed by atoms with Crippen LogP contribution in [0, 0.1) is 0 Å². The standard InChI is InChI=1S/C10H12N2O2S2/c13-9-7(2-1-3-11-9)12-10(14)8-4-6(15)5-16-8/h4-5,7,15H,1-3H2,(H,11,13)(H,12,14). The molecule has 2 heterocycles. The van der Waals surface area contributed by atoms with Crippen LogP contribution in [0.3, 0.4) is 0 Å². The van der Waals surface area contributed by atoms with Gasteiger partial charge in [0.2, 0.25) is 5.91 Å². The van der Waals surface area contributed by atoms with Gasteiger partial charge in [-0.25, -0.2) is 0 Å². The van der Waals surface area contributed by atoms with Crippen LogP contribution >= 0.6 is 24.0 Å². The van der Waals surface area contributed by atoms with Crippen molar-refractivity contribution in [2.24, 2.45) is 0 Å². The lowest BCUT2D eigenvalue weighted by atomic mass is 10.1. The van der Waals surface area contributed by atoms with E-state index < -0.39 is 6.04 Å². The first-order valence-electron chi connectivity index (χ1n) is 5.03. The number of hydrogen-bond acceptors (Lipinski definition) is 4. The van der Waals surface area contributed by atoms with Crippen LogP contribution < -0.4 is 10.6 Å². The molecular formula is C10H12N2O2S2. The third-order valence-corrected chi connectivity index (χ3v) is 3.76. The van der Waals surface area contributed by atoms with Crippen molar-refractivity contribution in [3.05, 3.63) is 16.3 Å². The Hall–Kier alpha value is -1.01. The molecule has 2 rings (SSSR count). The van der Waals surface area contributed by atoms with E-state index in [0.717, 1.165) is 11.3 Å². The first-order valence-corrected chi connectivity index (χ1v) is 6.35. The molecule has 0 aromatic carbocycles. The molecule has 1 aliphatic heterocycles. The van der Waals surface area contributed by atoms with Crippen molar-refractivity contribution in [3.8, 4) is 0 Å². The monoisotopic (exact) mass is 256 g/mol. The number of carbonyl (C=O) groups is 2. The van der Waals surface area contributed by atoms with E-state index >= 15 is 0 Å². The molecular weight excluding hydrogens is 244 g/mol. The second-order valence-electron chi connectivity index (χ2n) is 3.63. The topological polar surface area (TPSA) is 58.2 Å². The Bertz CT molecular complexity index is 417. The lowest BCUT2D eigenvalue weighted by Gasteiger charge is -2.22. The molecule has 0 spiro atoms. The predicted molar refractivity (Wildman–Crippen MR) is 65.1 cm³/mol. The van der Waals surface area contributed by atoms with Crippen molar-refractivity contribution >= 4 is 35.8 Å². The Kier molecular flexibility index (Phi) is 3.50. The maximum absolute atomic E-state index is 11.8. The highest BCUT2D eigenvalue weighted by Gasteiger charge is 2.24. The molecule has 1 aliphatic rings. The summed E-state index contributed by atoms with van der Waals surface area (Å²) in [5.41, 5.74) is 0. The van der Waals surface area contributed by atoms with Gasteiger partial charge in [0, 0.05) is 16.8 Å². The minimum Gasteiger partial charge on any atom is -0.354 e. The third-order valence-electron chi connectivity index (χ3n) is 2.40. The molecule has 1 saturated heterocycles. The van der Waals surface area contributed by atoms with Gasteiger partial charge in [-0.2, -0.15) is 0 Å². The Morgan fingerprint density at radius 3 is 3.06 bits per heavy atom. The van der Waals surface area contributed by atoms with Crippen LogP contribution in [0.1, 0.15) is 22.5 Å². The number of thiol groups is 1. The summed E-state index contributed by atoms with van der Waals surface area (Å²) in [5, 5.41) is 7.24. The molecule has 1 unspecified atom stereocenters. The molecule has 6 heteroatoms. The summed E-state index contributed by atoms with van der Waals surface area (Å²) in [6.07, 6.45) is 1.61. The number of hydrogen-bond donors (Lipinski definition) is 3. The summed E-state index contributed by atoms with van der Waals surface area (Å²) in [7, 11) is 0. The summed E-state index contributed by atoms with van der Waals surface area (Å²) in [4.78, 5) is 24.5. The largest absolute Gasteiger partial charge is 0.354 e. The van der Waals surface area contributed by atoms with E-state index in [4.69, 9.17) is 0 Å². The molecule has 1 aromatic heterocycles. The zero-order valence-corrected chi connectivity index (χ0v) is 10.2. The fourth-order valence-corrected chi connectivity index (χ4v) is 2.64. The minimum atomic E-state index is -0.397. The molecule has 0 aliphatic carbocycles. The second-order valence-corrected chi connectivity index (χ2v) is 5.06. The van der Waals surface area contributed by atoms with Crippen LogP contribution in [0.2, 0.25) is 0 Å². The number of nitrogens with one attached hydrogen (secondary N) is 2. The van der Waals surface area contributed by atoms with Gasteiger partial charge in [0.15, 0.2) is 0 Å². The van der Waals surface area contributed by atoms with Crippen LogP contribution in [-0.2, 0) is 4.79 Å². The van der Waals surface area contributed by atoms with Crippen LogP contribution in [0.4, 0.5) is 0 Å². The summed E-state index contributed by atoms with van der Waals surface area (Å²) in [5.74, 6) is -0.297. The molecule has 0 bridgehead atoms. The molecule has 1 atom stereocenters. The average molecular weight is 256 g/mol. The van der Waals surface area contributed by atoms with Crippen LogP contribution in [0.5, 0.6) is 0 Å². The maximum Gasteiger partial charge on any atom is 0.262 e. The SMILES string of the molecule is O=C(NC1CCCNC1=O)c1cc(S)cs1. The smallest absolute Gasteiger partial charge is 0.262 e. The van der Waals surface area contributed by atoms with E-state index in [0.29, 0.717) is 17.8 Å². The third kappa shape index (κ3) is 2.56. The molecule has 16 heavy (non-hydrogen) atoms. The molecule has 1 fully saturated rings. The van der Waals surface area contributed by atoms with Gasteiger partial charge < -0.3 is 10.6 Å². The van der Waals surface area contributed by atoms with Gasteiger partial charge in [0.1, 0.15) is 6.04 Å². The van der Waals surface area contributed by atoms with Crippen molar-refractivity contribution in [1.82, 2.24) is 10.6 Å².